The second-order valence-electron chi connectivity index (χ2n) is 6.53. The molecule has 1 aliphatic heterocycles. The average Bonchev–Trinajstić information content (AvgIpc) is 2.57. The largest absolute Gasteiger partial charge is 0.368 e. The number of halogens is 2. The summed E-state index contributed by atoms with van der Waals surface area (Å²) in [5, 5.41) is 1.14. The van der Waals surface area contributed by atoms with Gasteiger partial charge in [-0.25, -0.2) is 0 Å². The second-order valence-corrected chi connectivity index (χ2v) is 7.35. The quantitative estimate of drug-likeness (QED) is 0.886. The third-order valence-electron chi connectivity index (χ3n) is 4.92. The molecule has 2 unspecified atom stereocenters. The lowest BCUT2D eigenvalue weighted by Gasteiger charge is -2.38. The molecule has 0 radical (unpaired) electrons. The van der Waals surface area contributed by atoms with Crippen LogP contribution in [0.3, 0.4) is 0 Å². The number of anilines is 1. The third kappa shape index (κ3) is 3.93. The van der Waals surface area contributed by atoms with Gasteiger partial charge in [-0.05, 0) is 37.5 Å². The molecule has 23 heavy (non-hydrogen) atoms. The molecule has 3 rings (SSSR count). The van der Waals surface area contributed by atoms with Crippen molar-refractivity contribution in [3.05, 3.63) is 28.2 Å². The maximum absolute atomic E-state index is 12.7. The van der Waals surface area contributed by atoms with Gasteiger partial charge in [0.1, 0.15) is 0 Å². The van der Waals surface area contributed by atoms with Crippen molar-refractivity contribution in [2.75, 3.05) is 31.1 Å². The Balaban J connectivity index is 1.57. The average molecular weight is 356 g/mol. The summed E-state index contributed by atoms with van der Waals surface area (Å²) in [7, 11) is 0. The summed E-state index contributed by atoms with van der Waals surface area (Å²) >= 11 is 12.1. The summed E-state index contributed by atoms with van der Waals surface area (Å²) in [5.74, 6) is 0.407. The lowest BCUT2D eigenvalue weighted by atomic mass is 9.85. The number of benzene rings is 1. The molecule has 1 aromatic rings. The predicted octanol–water partition coefficient (Wildman–Crippen LogP) is 3.16. The molecule has 2 N–H and O–H groups in total. The zero-order valence-electron chi connectivity index (χ0n) is 13.2. The summed E-state index contributed by atoms with van der Waals surface area (Å²) in [6, 6.07) is 5.88. The van der Waals surface area contributed by atoms with Crippen molar-refractivity contribution in [3.63, 3.8) is 0 Å². The summed E-state index contributed by atoms with van der Waals surface area (Å²) in [6.45, 7) is 3.15. The molecule has 1 amide bonds. The minimum Gasteiger partial charge on any atom is -0.368 e. The molecule has 2 atom stereocenters. The van der Waals surface area contributed by atoms with E-state index in [4.69, 9.17) is 28.9 Å². The summed E-state index contributed by atoms with van der Waals surface area (Å²) in [5.41, 5.74) is 7.08. The van der Waals surface area contributed by atoms with Crippen LogP contribution in [0.5, 0.6) is 0 Å². The van der Waals surface area contributed by atoms with Gasteiger partial charge in [-0.2, -0.15) is 0 Å². The van der Waals surface area contributed by atoms with Crippen LogP contribution in [0.2, 0.25) is 10.0 Å². The molecular weight excluding hydrogens is 333 g/mol. The minimum atomic E-state index is 0.121. The van der Waals surface area contributed by atoms with Gasteiger partial charge in [-0.1, -0.05) is 29.6 Å². The highest BCUT2D eigenvalue weighted by Crippen LogP contribution is 2.29. The van der Waals surface area contributed by atoms with Gasteiger partial charge >= 0.3 is 0 Å². The lowest BCUT2D eigenvalue weighted by molar-refractivity contribution is -0.137. The Morgan fingerprint density at radius 3 is 2.48 bits per heavy atom. The van der Waals surface area contributed by atoms with Crippen LogP contribution < -0.4 is 10.6 Å². The summed E-state index contributed by atoms with van der Waals surface area (Å²) < 4.78 is 0. The Morgan fingerprint density at radius 2 is 1.83 bits per heavy atom. The Kier molecular flexibility index (Phi) is 5.34. The first-order chi connectivity index (χ1) is 11.0. The van der Waals surface area contributed by atoms with E-state index < -0.39 is 0 Å². The Bertz CT molecular complexity index is 573. The Labute approximate surface area is 147 Å². The maximum Gasteiger partial charge on any atom is 0.225 e. The van der Waals surface area contributed by atoms with Gasteiger partial charge in [-0.15, -0.1) is 0 Å². The van der Waals surface area contributed by atoms with Crippen LogP contribution in [0.15, 0.2) is 18.2 Å². The van der Waals surface area contributed by atoms with Crippen molar-refractivity contribution in [2.45, 2.75) is 31.7 Å². The fraction of sp³-hybridized carbons (Fsp3) is 0.588. The van der Waals surface area contributed by atoms with E-state index in [1.54, 1.807) is 0 Å². The lowest BCUT2D eigenvalue weighted by Crippen LogP contribution is -2.51. The van der Waals surface area contributed by atoms with Crippen LogP contribution in [0, 0.1) is 5.92 Å². The highest BCUT2D eigenvalue weighted by atomic mass is 35.5. The number of hydrogen-bond donors (Lipinski definition) is 1. The van der Waals surface area contributed by atoms with E-state index in [0.717, 1.165) is 57.5 Å². The van der Waals surface area contributed by atoms with E-state index >= 15 is 0 Å². The first-order valence-electron chi connectivity index (χ1n) is 8.29. The van der Waals surface area contributed by atoms with Gasteiger partial charge < -0.3 is 15.5 Å². The highest BCUT2D eigenvalue weighted by Gasteiger charge is 2.30. The number of amides is 1. The summed E-state index contributed by atoms with van der Waals surface area (Å²) in [6.07, 6.45) is 3.95. The molecule has 126 valence electrons. The highest BCUT2D eigenvalue weighted by molar-refractivity contribution is 6.42. The molecule has 6 heteroatoms. The molecule has 0 bridgehead atoms. The van der Waals surface area contributed by atoms with Crippen LogP contribution >= 0.6 is 23.2 Å². The molecule has 4 nitrogen and oxygen atoms in total. The van der Waals surface area contributed by atoms with Crippen LogP contribution in [0.25, 0.3) is 0 Å². The van der Waals surface area contributed by atoms with Crippen LogP contribution in [0.4, 0.5) is 5.69 Å². The number of nitrogens with two attached hydrogens (primary N) is 1. The molecule has 1 heterocycles. The van der Waals surface area contributed by atoms with Gasteiger partial charge in [-0.3, -0.25) is 4.79 Å². The number of rotatable bonds is 2. The van der Waals surface area contributed by atoms with E-state index in [2.05, 4.69) is 4.90 Å². The molecular formula is C17H23Cl2N3O. The van der Waals surface area contributed by atoms with Gasteiger partial charge in [0.25, 0.3) is 0 Å². The van der Waals surface area contributed by atoms with E-state index in [0.29, 0.717) is 10.0 Å². The fourth-order valence-corrected chi connectivity index (χ4v) is 3.87. The Morgan fingerprint density at radius 1 is 1.09 bits per heavy atom. The zero-order chi connectivity index (χ0) is 16.4. The first-order valence-corrected chi connectivity index (χ1v) is 9.04. The zero-order valence-corrected chi connectivity index (χ0v) is 14.7. The van der Waals surface area contributed by atoms with Gasteiger partial charge in [0, 0.05) is 43.8 Å². The fourth-order valence-electron chi connectivity index (χ4n) is 3.58. The third-order valence-corrected chi connectivity index (χ3v) is 5.66. The molecule has 2 aliphatic rings. The number of carbonyl (C=O) groups is 1. The number of carbonyl (C=O) groups excluding carboxylic acids is 1. The van der Waals surface area contributed by atoms with E-state index in [-0.39, 0.29) is 17.9 Å². The molecule has 1 saturated heterocycles. The van der Waals surface area contributed by atoms with E-state index in [1.165, 1.54) is 0 Å². The normalized spacial score (nSPS) is 25.5. The smallest absolute Gasteiger partial charge is 0.225 e. The van der Waals surface area contributed by atoms with Crippen molar-refractivity contribution in [2.24, 2.45) is 11.7 Å². The number of nitrogens with zero attached hydrogens (tertiary/aromatic N) is 2. The van der Waals surface area contributed by atoms with Crippen LogP contribution in [-0.2, 0) is 4.79 Å². The van der Waals surface area contributed by atoms with Crippen molar-refractivity contribution < 1.29 is 4.79 Å². The van der Waals surface area contributed by atoms with Crippen molar-refractivity contribution in [3.8, 4) is 0 Å². The molecule has 0 spiro atoms. The number of hydrogen-bond acceptors (Lipinski definition) is 3. The van der Waals surface area contributed by atoms with Crippen LogP contribution in [-0.4, -0.2) is 43.0 Å². The second kappa shape index (κ2) is 7.29. The Hall–Kier alpha value is -0.970. The monoisotopic (exact) mass is 355 g/mol. The molecule has 1 aliphatic carbocycles. The van der Waals surface area contributed by atoms with Crippen molar-refractivity contribution in [1.82, 2.24) is 4.90 Å². The minimum absolute atomic E-state index is 0.121. The molecule has 1 saturated carbocycles. The molecule has 0 aromatic heterocycles. The van der Waals surface area contributed by atoms with Gasteiger partial charge in [0.15, 0.2) is 0 Å². The maximum atomic E-state index is 12.7. The van der Waals surface area contributed by atoms with Crippen molar-refractivity contribution in [1.29, 1.82) is 0 Å². The standard InChI is InChI=1S/C17H23Cl2N3O/c18-15-5-4-14(11-16(15)19)21-6-8-22(9-7-21)17(23)12-2-1-3-13(20)10-12/h4-5,11-13H,1-3,6-10,20H2. The number of piperazine rings is 1. The predicted molar refractivity (Wildman–Crippen MR) is 95.2 cm³/mol. The first kappa shape index (κ1) is 16.9. The molecule has 1 aromatic carbocycles. The van der Waals surface area contributed by atoms with E-state index in [1.807, 2.05) is 23.1 Å². The van der Waals surface area contributed by atoms with E-state index in [9.17, 15) is 4.79 Å². The van der Waals surface area contributed by atoms with Gasteiger partial charge in [0.2, 0.25) is 5.91 Å². The topological polar surface area (TPSA) is 49.6 Å². The van der Waals surface area contributed by atoms with Crippen molar-refractivity contribution >= 4 is 34.8 Å². The van der Waals surface area contributed by atoms with Crippen LogP contribution in [0.1, 0.15) is 25.7 Å². The summed E-state index contributed by atoms with van der Waals surface area (Å²) in [4.78, 5) is 16.9. The SMILES string of the molecule is NC1CCCC(C(=O)N2CCN(c3ccc(Cl)c(Cl)c3)CC2)C1. The molecule has 2 fully saturated rings. The van der Waals surface area contributed by atoms with Gasteiger partial charge in [0.05, 0.1) is 10.0 Å².